The number of aliphatic hydroxyl groups is 1. The van der Waals surface area contributed by atoms with E-state index in [2.05, 4.69) is 4.98 Å². The fourth-order valence-corrected chi connectivity index (χ4v) is 3.92. The van der Waals surface area contributed by atoms with Crippen molar-refractivity contribution in [3.05, 3.63) is 42.1 Å². The highest BCUT2D eigenvalue weighted by atomic mass is 16.6. The number of ether oxygens (including phenoxy) is 1. The van der Waals surface area contributed by atoms with Crippen molar-refractivity contribution in [2.75, 3.05) is 18.8 Å². The van der Waals surface area contributed by atoms with Gasteiger partial charge in [0.05, 0.1) is 5.60 Å². The van der Waals surface area contributed by atoms with Crippen LogP contribution < -0.4 is 5.73 Å². The van der Waals surface area contributed by atoms with Crippen LogP contribution in [-0.2, 0) is 4.74 Å². The van der Waals surface area contributed by atoms with Crippen LogP contribution >= 0.6 is 0 Å². The molecule has 0 saturated carbocycles. The minimum atomic E-state index is -1.02. The Morgan fingerprint density at radius 1 is 1.16 bits per heavy atom. The number of hydrogen-bond acceptors (Lipinski definition) is 7. The maximum Gasteiger partial charge on any atom is 0.253 e. The van der Waals surface area contributed by atoms with Gasteiger partial charge in [0.1, 0.15) is 0 Å². The summed E-state index contributed by atoms with van der Waals surface area (Å²) in [4.78, 5) is 20.8. The molecule has 8 heteroatoms. The van der Waals surface area contributed by atoms with Crippen molar-refractivity contribution >= 4 is 11.7 Å². The molecule has 4 N–H and O–H groups in total. The second kappa shape index (κ2) is 8.82. The van der Waals surface area contributed by atoms with E-state index in [1.165, 1.54) is 0 Å². The molecule has 1 fully saturated rings. The number of pyridine rings is 1. The van der Waals surface area contributed by atoms with Crippen molar-refractivity contribution in [1.29, 1.82) is 0 Å². The van der Waals surface area contributed by atoms with Gasteiger partial charge in [-0.1, -0.05) is 12.1 Å². The Morgan fingerprint density at radius 3 is 2.26 bits per heavy atom. The smallest absolute Gasteiger partial charge is 0.253 e. The molecule has 8 nitrogen and oxygen atoms in total. The number of aliphatic hydroxyl groups excluding tert-OH is 1. The number of hydrogen-bond donors (Lipinski definition) is 3. The lowest BCUT2D eigenvalue weighted by atomic mass is 10.0. The minimum absolute atomic E-state index is 0.0607. The number of nitrogen functional groups attached to an aromatic ring is 1. The Labute approximate surface area is 183 Å². The monoisotopic (exact) mass is 428 g/mol. The van der Waals surface area contributed by atoms with Crippen LogP contribution in [0.5, 0.6) is 5.75 Å². The lowest BCUT2D eigenvalue weighted by Crippen LogP contribution is -2.62. The molecule has 168 valence electrons. The summed E-state index contributed by atoms with van der Waals surface area (Å²) >= 11 is 0. The van der Waals surface area contributed by atoms with Crippen molar-refractivity contribution in [3.8, 4) is 16.9 Å². The summed E-state index contributed by atoms with van der Waals surface area (Å²) in [6.07, 6.45) is 0.561. The summed E-state index contributed by atoms with van der Waals surface area (Å²) in [5.41, 5.74) is 7.21. The molecule has 2 unspecified atom stereocenters. The SMILES string of the molecule is CC1CN(C(=O)c2ccc(-c3cnc(N)c(O)c3)cc2)CC(C)N1[C@H](O)OC(C)(C)C. The van der Waals surface area contributed by atoms with Gasteiger partial charge in [-0.2, -0.15) is 0 Å². The third-order valence-electron chi connectivity index (χ3n) is 5.35. The number of rotatable bonds is 4. The molecule has 0 aliphatic carbocycles. The van der Waals surface area contributed by atoms with E-state index in [9.17, 15) is 15.0 Å². The van der Waals surface area contributed by atoms with E-state index in [1.54, 1.807) is 29.3 Å². The zero-order valence-corrected chi connectivity index (χ0v) is 18.7. The van der Waals surface area contributed by atoms with Crippen molar-refractivity contribution < 1.29 is 19.7 Å². The summed E-state index contributed by atoms with van der Waals surface area (Å²) in [6.45, 7) is 10.6. The van der Waals surface area contributed by atoms with Gasteiger partial charge < -0.3 is 25.6 Å². The van der Waals surface area contributed by atoms with Crippen molar-refractivity contribution in [2.24, 2.45) is 0 Å². The highest BCUT2D eigenvalue weighted by Crippen LogP contribution is 2.27. The van der Waals surface area contributed by atoms with Gasteiger partial charge in [-0.05, 0) is 58.4 Å². The maximum absolute atomic E-state index is 13.1. The van der Waals surface area contributed by atoms with Crippen LogP contribution in [0.25, 0.3) is 11.1 Å². The van der Waals surface area contributed by atoms with Crippen LogP contribution in [0.2, 0.25) is 0 Å². The third-order valence-corrected chi connectivity index (χ3v) is 5.35. The number of amides is 1. The molecule has 2 heterocycles. The second-order valence-electron chi connectivity index (χ2n) is 9.12. The molecule has 3 rings (SSSR count). The van der Waals surface area contributed by atoms with Gasteiger partial charge in [0.2, 0.25) is 6.41 Å². The normalized spacial score (nSPS) is 21.2. The fourth-order valence-electron chi connectivity index (χ4n) is 3.92. The molecule has 0 bridgehead atoms. The fraction of sp³-hybridized carbons (Fsp3) is 0.478. The van der Waals surface area contributed by atoms with Gasteiger partial charge in [-0.3, -0.25) is 4.79 Å². The minimum Gasteiger partial charge on any atom is -0.504 e. The first-order chi connectivity index (χ1) is 14.5. The lowest BCUT2D eigenvalue weighted by Gasteiger charge is -2.47. The largest absolute Gasteiger partial charge is 0.504 e. The third kappa shape index (κ3) is 5.33. The summed E-state index contributed by atoms with van der Waals surface area (Å²) < 4.78 is 5.72. The maximum atomic E-state index is 13.1. The molecular weight excluding hydrogens is 396 g/mol. The van der Waals surface area contributed by atoms with E-state index in [4.69, 9.17) is 10.5 Å². The predicted molar refractivity (Wildman–Crippen MR) is 119 cm³/mol. The first-order valence-corrected chi connectivity index (χ1v) is 10.4. The van der Waals surface area contributed by atoms with Crippen molar-refractivity contribution in [3.63, 3.8) is 0 Å². The first kappa shape index (κ1) is 23.0. The first-order valence-electron chi connectivity index (χ1n) is 10.4. The van der Waals surface area contributed by atoms with E-state index in [-0.39, 0.29) is 29.6 Å². The summed E-state index contributed by atoms with van der Waals surface area (Å²) in [5.74, 6) is -0.0542. The number of aromatic nitrogens is 1. The zero-order valence-electron chi connectivity index (χ0n) is 18.7. The van der Waals surface area contributed by atoms with E-state index in [0.29, 0.717) is 18.7 Å². The van der Waals surface area contributed by atoms with Gasteiger partial charge in [0.15, 0.2) is 11.6 Å². The Balaban J connectivity index is 1.70. The average Bonchev–Trinajstić information content (AvgIpc) is 2.67. The number of nitrogens with two attached hydrogens (primary N) is 1. The highest BCUT2D eigenvalue weighted by Gasteiger charge is 2.37. The van der Waals surface area contributed by atoms with Crippen LogP contribution in [0.3, 0.4) is 0 Å². The Morgan fingerprint density at radius 2 is 1.74 bits per heavy atom. The van der Waals surface area contributed by atoms with Crippen LogP contribution in [0.15, 0.2) is 36.5 Å². The topological polar surface area (TPSA) is 112 Å². The molecule has 31 heavy (non-hydrogen) atoms. The van der Waals surface area contributed by atoms with Gasteiger partial charge >= 0.3 is 0 Å². The number of benzene rings is 1. The molecule has 0 radical (unpaired) electrons. The predicted octanol–water partition coefficient (Wildman–Crippen LogP) is 2.66. The molecule has 2 aromatic rings. The zero-order chi connectivity index (χ0) is 22.9. The summed E-state index contributed by atoms with van der Waals surface area (Å²) in [6, 6.07) is 8.61. The Hall–Kier alpha value is -2.68. The summed E-state index contributed by atoms with van der Waals surface area (Å²) in [7, 11) is 0. The van der Waals surface area contributed by atoms with Crippen molar-refractivity contribution in [2.45, 2.75) is 58.7 Å². The van der Waals surface area contributed by atoms with E-state index < -0.39 is 12.0 Å². The standard InChI is InChI=1S/C23H32N4O4/c1-14-12-26(13-15(2)27(14)22(30)31-23(3,4)5)21(29)17-8-6-16(7-9-17)18-10-19(28)20(24)25-11-18/h6-11,14-15,22,28,30H,12-13H2,1-5H3,(H2,24,25)/t14?,15?,22-/m1/s1. The van der Waals surface area contributed by atoms with E-state index >= 15 is 0 Å². The molecule has 1 saturated heterocycles. The number of carbonyl (C=O) groups excluding carboxylic acids is 1. The van der Waals surface area contributed by atoms with E-state index in [0.717, 1.165) is 11.1 Å². The number of nitrogens with zero attached hydrogens (tertiary/aromatic N) is 3. The molecule has 1 amide bonds. The van der Waals surface area contributed by atoms with Crippen molar-refractivity contribution in [1.82, 2.24) is 14.8 Å². The Kier molecular flexibility index (Phi) is 6.54. The number of aromatic hydroxyl groups is 1. The molecule has 0 spiro atoms. The Bertz CT molecular complexity index is 914. The number of piperazine rings is 1. The van der Waals surface area contributed by atoms with Crippen LogP contribution in [-0.4, -0.2) is 68.1 Å². The molecular formula is C23H32N4O4. The van der Waals surface area contributed by atoms with Crippen LogP contribution in [0.1, 0.15) is 45.0 Å². The van der Waals surface area contributed by atoms with Gasteiger partial charge in [0, 0.05) is 42.5 Å². The lowest BCUT2D eigenvalue weighted by molar-refractivity contribution is -0.262. The van der Waals surface area contributed by atoms with Crippen LogP contribution in [0.4, 0.5) is 5.82 Å². The van der Waals surface area contributed by atoms with E-state index in [1.807, 2.05) is 51.7 Å². The molecule has 1 aliphatic rings. The molecule has 1 aromatic heterocycles. The van der Waals surface area contributed by atoms with Crippen LogP contribution in [0, 0.1) is 0 Å². The molecule has 3 atom stereocenters. The number of anilines is 1. The second-order valence-corrected chi connectivity index (χ2v) is 9.12. The summed E-state index contributed by atoms with van der Waals surface area (Å²) in [5, 5.41) is 20.3. The molecule has 1 aliphatic heterocycles. The highest BCUT2D eigenvalue weighted by molar-refractivity contribution is 5.95. The average molecular weight is 429 g/mol. The van der Waals surface area contributed by atoms with Gasteiger partial charge in [0.25, 0.3) is 5.91 Å². The number of carbonyl (C=O) groups is 1. The van der Waals surface area contributed by atoms with Gasteiger partial charge in [-0.15, -0.1) is 0 Å². The molecule has 1 aromatic carbocycles. The van der Waals surface area contributed by atoms with Gasteiger partial charge in [-0.25, -0.2) is 9.88 Å². The quantitative estimate of drug-likeness (QED) is 0.642.